The molecule has 0 radical (unpaired) electrons. The zero-order chi connectivity index (χ0) is 19.6. The first-order valence-electron chi connectivity index (χ1n) is 10.0. The number of carbonyl (C=O) groups is 1. The van der Waals surface area contributed by atoms with Gasteiger partial charge < -0.3 is 14.4 Å². The van der Waals surface area contributed by atoms with Gasteiger partial charge >= 0.3 is 13.1 Å². The molecule has 1 saturated carbocycles. The summed E-state index contributed by atoms with van der Waals surface area (Å²) in [7, 11) is -0.318. The van der Waals surface area contributed by atoms with Crippen molar-refractivity contribution in [1.29, 1.82) is 0 Å². The summed E-state index contributed by atoms with van der Waals surface area (Å²) in [6, 6.07) is 10.1. The topological polar surface area (TPSA) is 59.0 Å². The second kappa shape index (κ2) is 6.33. The SMILES string of the molecule is C[C@@H](c1ccccc1)N1C2C[C@H](B3OC(C)(C)C(C)(C)O3)[C@H](C2)C1C(=O)O. The molecule has 5 atom stereocenters. The number of carboxylic acids is 1. The van der Waals surface area contributed by atoms with Gasteiger partial charge in [0.2, 0.25) is 0 Å². The lowest BCUT2D eigenvalue weighted by Gasteiger charge is -2.41. The molecule has 3 fully saturated rings. The van der Waals surface area contributed by atoms with Gasteiger partial charge in [0.15, 0.2) is 0 Å². The fourth-order valence-corrected chi connectivity index (χ4v) is 5.28. The third-order valence-corrected chi connectivity index (χ3v) is 7.39. The van der Waals surface area contributed by atoms with E-state index in [1.165, 1.54) is 5.56 Å². The molecule has 2 heterocycles. The number of fused-ring (bicyclic) bond motifs is 2. The average Bonchev–Trinajstić information content (AvgIpc) is 3.24. The third kappa shape index (κ3) is 2.93. The molecule has 2 saturated heterocycles. The maximum absolute atomic E-state index is 12.2. The van der Waals surface area contributed by atoms with Crippen molar-refractivity contribution < 1.29 is 19.2 Å². The monoisotopic (exact) mass is 371 g/mol. The molecule has 146 valence electrons. The fraction of sp³-hybridized carbons (Fsp3) is 0.667. The molecular formula is C21H30BNO4. The summed E-state index contributed by atoms with van der Waals surface area (Å²) in [4.78, 5) is 14.4. The van der Waals surface area contributed by atoms with E-state index in [0.29, 0.717) is 0 Å². The summed E-state index contributed by atoms with van der Waals surface area (Å²) in [5, 5.41) is 10.0. The number of aliphatic carboxylic acids is 1. The Morgan fingerprint density at radius 1 is 1.15 bits per heavy atom. The molecule has 27 heavy (non-hydrogen) atoms. The molecule has 0 amide bonds. The standard InChI is InChI=1S/C21H30BNO4/c1-13(14-9-7-6-8-10-14)23-15-11-16(18(23)19(24)25)17(12-15)22-26-20(2,3)21(4,5)27-22/h6-10,13,15-18H,11-12H2,1-5H3,(H,24,25)/t13-,15?,16-,17-,18?/m0/s1. The number of nitrogens with zero attached hydrogens (tertiary/aromatic N) is 1. The normalized spacial score (nSPS) is 35.5. The largest absolute Gasteiger partial charge is 0.480 e. The van der Waals surface area contributed by atoms with Gasteiger partial charge in [-0.15, -0.1) is 0 Å². The van der Waals surface area contributed by atoms with Crippen molar-refractivity contribution >= 4 is 13.1 Å². The Balaban J connectivity index is 1.57. The van der Waals surface area contributed by atoms with E-state index in [0.717, 1.165) is 12.8 Å². The van der Waals surface area contributed by atoms with Crippen molar-refractivity contribution in [2.24, 2.45) is 5.92 Å². The minimum Gasteiger partial charge on any atom is -0.480 e. The van der Waals surface area contributed by atoms with Crippen LogP contribution < -0.4 is 0 Å². The Morgan fingerprint density at radius 3 is 2.30 bits per heavy atom. The molecule has 2 bridgehead atoms. The van der Waals surface area contributed by atoms with Crippen LogP contribution in [-0.4, -0.2) is 46.4 Å². The highest BCUT2D eigenvalue weighted by Gasteiger charge is 2.63. The van der Waals surface area contributed by atoms with Gasteiger partial charge in [-0.05, 0) is 58.9 Å². The predicted molar refractivity (Wildman–Crippen MR) is 104 cm³/mol. The highest BCUT2D eigenvalue weighted by atomic mass is 16.7. The van der Waals surface area contributed by atoms with Gasteiger partial charge in [0.1, 0.15) is 6.04 Å². The maximum atomic E-state index is 12.2. The molecule has 0 aromatic heterocycles. The number of piperidine rings is 1. The summed E-state index contributed by atoms with van der Waals surface area (Å²) in [5.41, 5.74) is 0.410. The fourth-order valence-electron chi connectivity index (χ4n) is 5.28. The lowest BCUT2D eigenvalue weighted by atomic mass is 9.63. The van der Waals surface area contributed by atoms with Gasteiger partial charge in [0, 0.05) is 17.9 Å². The van der Waals surface area contributed by atoms with Crippen LogP contribution in [-0.2, 0) is 14.1 Å². The first-order valence-corrected chi connectivity index (χ1v) is 10.0. The summed E-state index contributed by atoms with van der Waals surface area (Å²) < 4.78 is 12.6. The molecule has 1 aromatic carbocycles. The van der Waals surface area contributed by atoms with E-state index in [1.807, 2.05) is 18.2 Å². The number of carboxylic acid groups (broad SMARTS) is 1. The molecule has 5 nitrogen and oxygen atoms in total. The van der Waals surface area contributed by atoms with Crippen molar-refractivity contribution in [3.05, 3.63) is 35.9 Å². The summed E-state index contributed by atoms with van der Waals surface area (Å²) in [5.74, 6) is -0.531. The number of hydrogen-bond donors (Lipinski definition) is 1. The summed E-state index contributed by atoms with van der Waals surface area (Å²) >= 11 is 0. The summed E-state index contributed by atoms with van der Waals surface area (Å²) in [6.07, 6.45) is 1.84. The molecule has 2 aliphatic heterocycles. The van der Waals surface area contributed by atoms with Crippen LogP contribution in [0.4, 0.5) is 0 Å². The molecule has 4 rings (SSSR count). The maximum Gasteiger partial charge on any atom is 0.461 e. The van der Waals surface area contributed by atoms with E-state index < -0.39 is 12.0 Å². The molecule has 3 aliphatic rings. The summed E-state index contributed by atoms with van der Waals surface area (Å²) in [6.45, 7) is 10.3. The Morgan fingerprint density at radius 2 is 1.74 bits per heavy atom. The van der Waals surface area contributed by atoms with Crippen LogP contribution in [0.5, 0.6) is 0 Å². The quantitative estimate of drug-likeness (QED) is 0.817. The van der Waals surface area contributed by atoms with Crippen molar-refractivity contribution in [2.45, 2.75) is 82.6 Å². The molecule has 0 spiro atoms. The van der Waals surface area contributed by atoms with Gasteiger partial charge in [-0.3, -0.25) is 9.69 Å². The Labute approximate surface area is 162 Å². The Hall–Kier alpha value is -1.37. The van der Waals surface area contributed by atoms with Crippen LogP contribution in [0.15, 0.2) is 30.3 Å². The Bertz CT molecular complexity index is 706. The number of benzene rings is 1. The lowest BCUT2D eigenvalue weighted by Crippen LogP contribution is -2.50. The average molecular weight is 371 g/mol. The second-order valence-electron chi connectivity index (χ2n) is 9.39. The minimum atomic E-state index is -0.730. The number of likely N-dealkylation sites (tertiary alicyclic amines) is 1. The van der Waals surface area contributed by atoms with Crippen LogP contribution in [0.2, 0.25) is 5.82 Å². The van der Waals surface area contributed by atoms with Gasteiger partial charge in [0.05, 0.1) is 11.2 Å². The van der Waals surface area contributed by atoms with Crippen molar-refractivity contribution in [3.8, 4) is 0 Å². The molecule has 1 aliphatic carbocycles. The van der Waals surface area contributed by atoms with E-state index in [1.54, 1.807) is 0 Å². The van der Waals surface area contributed by atoms with Crippen LogP contribution >= 0.6 is 0 Å². The zero-order valence-electron chi connectivity index (χ0n) is 16.9. The van der Waals surface area contributed by atoms with E-state index in [9.17, 15) is 9.90 Å². The first-order chi connectivity index (χ1) is 12.6. The highest BCUT2D eigenvalue weighted by molar-refractivity contribution is 6.47. The Kier molecular flexibility index (Phi) is 4.45. The highest BCUT2D eigenvalue weighted by Crippen LogP contribution is 2.56. The molecule has 6 heteroatoms. The van der Waals surface area contributed by atoms with E-state index in [2.05, 4.69) is 51.7 Å². The van der Waals surface area contributed by atoms with Gasteiger partial charge in [-0.2, -0.15) is 0 Å². The minimum absolute atomic E-state index is 0.0633. The molecule has 1 aromatic rings. The number of hydrogen-bond acceptors (Lipinski definition) is 4. The lowest BCUT2D eigenvalue weighted by molar-refractivity contribution is -0.146. The van der Waals surface area contributed by atoms with Crippen molar-refractivity contribution in [1.82, 2.24) is 4.90 Å². The van der Waals surface area contributed by atoms with Crippen LogP contribution in [0.3, 0.4) is 0 Å². The second-order valence-corrected chi connectivity index (χ2v) is 9.39. The van der Waals surface area contributed by atoms with E-state index in [-0.39, 0.29) is 42.1 Å². The van der Waals surface area contributed by atoms with Crippen molar-refractivity contribution in [3.63, 3.8) is 0 Å². The van der Waals surface area contributed by atoms with Gasteiger partial charge in [-0.1, -0.05) is 30.3 Å². The van der Waals surface area contributed by atoms with Gasteiger partial charge in [-0.25, -0.2) is 0 Å². The molecule has 1 N–H and O–H groups in total. The number of rotatable bonds is 4. The van der Waals surface area contributed by atoms with Crippen LogP contribution in [0.1, 0.15) is 59.1 Å². The van der Waals surface area contributed by atoms with Crippen LogP contribution in [0.25, 0.3) is 0 Å². The zero-order valence-corrected chi connectivity index (χ0v) is 16.9. The van der Waals surface area contributed by atoms with Crippen molar-refractivity contribution in [2.75, 3.05) is 0 Å². The smallest absolute Gasteiger partial charge is 0.461 e. The van der Waals surface area contributed by atoms with E-state index >= 15 is 0 Å². The van der Waals surface area contributed by atoms with Gasteiger partial charge in [0.25, 0.3) is 0 Å². The predicted octanol–water partition coefficient (Wildman–Crippen LogP) is 3.76. The van der Waals surface area contributed by atoms with Crippen LogP contribution in [0, 0.1) is 5.92 Å². The molecule has 2 unspecified atom stereocenters. The molecular weight excluding hydrogens is 341 g/mol. The third-order valence-electron chi connectivity index (χ3n) is 7.39. The van der Waals surface area contributed by atoms with E-state index in [4.69, 9.17) is 9.31 Å². The first kappa shape index (κ1) is 19.0.